The number of carbonyl (C=O) groups is 1. The van der Waals surface area contributed by atoms with Gasteiger partial charge in [-0.2, -0.15) is 0 Å². The summed E-state index contributed by atoms with van der Waals surface area (Å²) >= 11 is 0. The summed E-state index contributed by atoms with van der Waals surface area (Å²) < 4.78 is 13.0. The summed E-state index contributed by atoms with van der Waals surface area (Å²) in [6, 6.07) is 11.2. The van der Waals surface area contributed by atoms with Crippen molar-refractivity contribution in [1.82, 2.24) is 0 Å². The lowest BCUT2D eigenvalue weighted by atomic mass is 10.1. The average Bonchev–Trinajstić information content (AvgIpc) is 2.34. The summed E-state index contributed by atoms with van der Waals surface area (Å²) in [5.74, 6) is -0.384. The highest BCUT2D eigenvalue weighted by atomic mass is 19.1. The van der Waals surface area contributed by atoms with Gasteiger partial charge < -0.3 is 10.6 Å². The van der Waals surface area contributed by atoms with Crippen molar-refractivity contribution in [2.75, 3.05) is 10.6 Å². The molecule has 2 rings (SSSR count). The summed E-state index contributed by atoms with van der Waals surface area (Å²) in [5.41, 5.74) is 3.16. The highest BCUT2D eigenvalue weighted by Gasteiger charge is 2.07. The number of rotatable bonds is 2. The summed E-state index contributed by atoms with van der Waals surface area (Å²) in [5, 5.41) is 5.37. The molecule has 0 bridgehead atoms. The van der Waals surface area contributed by atoms with Crippen molar-refractivity contribution in [3.63, 3.8) is 0 Å². The molecule has 0 atom stereocenters. The lowest BCUT2D eigenvalue weighted by Gasteiger charge is -2.12. The fraction of sp³-hybridized carbons (Fsp3) is 0.133. The fourth-order valence-electron chi connectivity index (χ4n) is 1.85. The Bertz CT molecular complexity index is 591. The molecule has 0 fully saturated rings. The Hall–Kier alpha value is -2.36. The van der Waals surface area contributed by atoms with Gasteiger partial charge in [-0.05, 0) is 43.2 Å². The smallest absolute Gasteiger partial charge is 0.308 e. The zero-order valence-corrected chi connectivity index (χ0v) is 10.8. The summed E-state index contributed by atoms with van der Waals surface area (Å²) in [6.07, 6.45) is 0. The molecule has 98 valence electrons. The predicted octanol–water partition coefficient (Wildman–Crippen LogP) is 4.09. The molecule has 0 saturated carbocycles. The van der Waals surface area contributed by atoms with E-state index in [0.29, 0.717) is 5.69 Å². The Balaban J connectivity index is 2.10. The first-order chi connectivity index (χ1) is 9.06. The van der Waals surface area contributed by atoms with Crippen molar-refractivity contribution in [2.45, 2.75) is 13.8 Å². The second kappa shape index (κ2) is 5.52. The molecule has 0 aliphatic heterocycles. The average molecular weight is 258 g/mol. The maximum absolute atomic E-state index is 13.0. The van der Waals surface area contributed by atoms with Crippen LogP contribution in [0.5, 0.6) is 0 Å². The Labute approximate surface area is 111 Å². The molecular weight excluding hydrogens is 243 g/mol. The van der Waals surface area contributed by atoms with Crippen LogP contribution in [0, 0.1) is 19.7 Å². The van der Waals surface area contributed by atoms with Crippen molar-refractivity contribution in [1.29, 1.82) is 0 Å². The third-order valence-corrected chi connectivity index (χ3v) is 2.80. The number of para-hydroxylation sites is 1. The molecule has 0 aromatic heterocycles. The van der Waals surface area contributed by atoms with Crippen LogP contribution in [0.25, 0.3) is 0 Å². The highest BCUT2D eigenvalue weighted by molar-refractivity contribution is 6.00. The minimum Gasteiger partial charge on any atom is -0.308 e. The van der Waals surface area contributed by atoms with Crippen molar-refractivity contribution in [3.8, 4) is 0 Å². The van der Waals surface area contributed by atoms with Gasteiger partial charge in [-0.1, -0.05) is 24.3 Å². The molecule has 4 heteroatoms. The number of aryl methyl sites for hydroxylation is 2. The van der Waals surface area contributed by atoms with E-state index >= 15 is 0 Å². The molecule has 0 aliphatic rings. The quantitative estimate of drug-likeness (QED) is 0.837. The Kier molecular flexibility index (Phi) is 3.80. The molecule has 3 nitrogen and oxygen atoms in total. The van der Waals surface area contributed by atoms with Crippen molar-refractivity contribution in [3.05, 3.63) is 59.4 Å². The lowest BCUT2D eigenvalue weighted by molar-refractivity contribution is 0.262. The molecule has 0 saturated heterocycles. The molecule has 0 heterocycles. The van der Waals surface area contributed by atoms with Crippen molar-refractivity contribution < 1.29 is 9.18 Å². The predicted molar refractivity (Wildman–Crippen MR) is 75.0 cm³/mol. The monoisotopic (exact) mass is 258 g/mol. The third-order valence-electron chi connectivity index (χ3n) is 2.80. The first-order valence-corrected chi connectivity index (χ1v) is 5.96. The van der Waals surface area contributed by atoms with E-state index in [9.17, 15) is 9.18 Å². The van der Waals surface area contributed by atoms with Crippen LogP contribution in [-0.4, -0.2) is 6.03 Å². The molecule has 2 N–H and O–H groups in total. The summed E-state index contributed by atoms with van der Waals surface area (Å²) in [7, 11) is 0. The highest BCUT2D eigenvalue weighted by Crippen LogP contribution is 2.19. The molecule has 0 spiro atoms. The summed E-state index contributed by atoms with van der Waals surface area (Å²) in [6.45, 7) is 3.84. The van der Waals surface area contributed by atoms with E-state index in [1.807, 2.05) is 32.0 Å². The van der Waals surface area contributed by atoms with E-state index in [4.69, 9.17) is 0 Å². The van der Waals surface area contributed by atoms with Gasteiger partial charge in [0.25, 0.3) is 0 Å². The van der Waals surface area contributed by atoms with Crippen LogP contribution in [-0.2, 0) is 0 Å². The largest absolute Gasteiger partial charge is 0.323 e. The number of amides is 2. The van der Waals surface area contributed by atoms with Crippen LogP contribution in [0.15, 0.2) is 42.5 Å². The summed E-state index contributed by atoms with van der Waals surface area (Å²) in [4.78, 5) is 11.9. The molecule has 2 amide bonds. The number of benzene rings is 2. The molecule has 2 aromatic rings. The van der Waals surface area contributed by atoms with Gasteiger partial charge in [0.1, 0.15) is 5.82 Å². The normalized spacial score (nSPS) is 10.1. The lowest BCUT2D eigenvalue weighted by Crippen LogP contribution is -2.20. The SMILES string of the molecule is Cc1cccc(C)c1NC(=O)Nc1cccc(F)c1. The minimum atomic E-state index is -0.386. The van der Waals surface area contributed by atoms with Gasteiger partial charge in [0, 0.05) is 11.4 Å². The maximum Gasteiger partial charge on any atom is 0.323 e. The number of hydrogen-bond acceptors (Lipinski definition) is 1. The molecule has 2 aromatic carbocycles. The van der Waals surface area contributed by atoms with E-state index < -0.39 is 0 Å². The zero-order chi connectivity index (χ0) is 13.8. The third kappa shape index (κ3) is 3.31. The first-order valence-electron chi connectivity index (χ1n) is 5.96. The Morgan fingerprint density at radius 3 is 2.26 bits per heavy atom. The van der Waals surface area contributed by atoms with E-state index in [1.165, 1.54) is 12.1 Å². The van der Waals surface area contributed by atoms with E-state index in [0.717, 1.165) is 16.8 Å². The molecular formula is C15H15FN2O. The van der Waals surface area contributed by atoms with Gasteiger partial charge in [0.2, 0.25) is 0 Å². The maximum atomic E-state index is 13.0. The number of hydrogen-bond donors (Lipinski definition) is 2. The van der Waals surface area contributed by atoms with Gasteiger partial charge in [0.05, 0.1) is 0 Å². The van der Waals surface area contributed by atoms with Gasteiger partial charge in [-0.3, -0.25) is 0 Å². The van der Waals surface area contributed by atoms with Crippen LogP contribution in [0.2, 0.25) is 0 Å². The van der Waals surface area contributed by atoms with Gasteiger partial charge in [-0.25, -0.2) is 9.18 Å². The van der Waals surface area contributed by atoms with E-state index in [2.05, 4.69) is 10.6 Å². The van der Waals surface area contributed by atoms with Gasteiger partial charge in [0.15, 0.2) is 0 Å². The van der Waals surface area contributed by atoms with Crippen LogP contribution in [0.4, 0.5) is 20.6 Å². The molecule has 0 aliphatic carbocycles. The topological polar surface area (TPSA) is 41.1 Å². The number of nitrogens with one attached hydrogen (secondary N) is 2. The number of carbonyl (C=O) groups excluding carboxylic acids is 1. The minimum absolute atomic E-state index is 0.384. The van der Waals surface area contributed by atoms with Crippen LogP contribution >= 0.6 is 0 Å². The van der Waals surface area contributed by atoms with E-state index in [1.54, 1.807) is 12.1 Å². The first kappa shape index (κ1) is 13.1. The Morgan fingerprint density at radius 1 is 1.00 bits per heavy atom. The van der Waals surface area contributed by atoms with Crippen molar-refractivity contribution in [2.24, 2.45) is 0 Å². The van der Waals surface area contributed by atoms with E-state index in [-0.39, 0.29) is 11.8 Å². The number of urea groups is 1. The van der Waals surface area contributed by atoms with Gasteiger partial charge in [-0.15, -0.1) is 0 Å². The zero-order valence-electron chi connectivity index (χ0n) is 10.8. The second-order valence-corrected chi connectivity index (χ2v) is 4.36. The van der Waals surface area contributed by atoms with Crippen molar-refractivity contribution >= 4 is 17.4 Å². The second-order valence-electron chi connectivity index (χ2n) is 4.36. The van der Waals surface area contributed by atoms with Gasteiger partial charge >= 0.3 is 6.03 Å². The van der Waals surface area contributed by atoms with Crippen LogP contribution in [0.3, 0.4) is 0 Å². The molecule has 0 unspecified atom stereocenters. The fourth-order valence-corrected chi connectivity index (χ4v) is 1.85. The number of halogens is 1. The number of anilines is 2. The van der Waals surface area contributed by atoms with Crippen LogP contribution in [0.1, 0.15) is 11.1 Å². The molecule has 19 heavy (non-hydrogen) atoms. The standard InChI is InChI=1S/C15H15FN2O/c1-10-5-3-6-11(2)14(10)18-15(19)17-13-8-4-7-12(16)9-13/h3-9H,1-2H3,(H2,17,18,19). The van der Waals surface area contributed by atoms with Crippen LogP contribution < -0.4 is 10.6 Å². The Morgan fingerprint density at radius 2 is 1.63 bits per heavy atom. The molecule has 0 radical (unpaired) electrons.